The molecule has 0 radical (unpaired) electrons. The number of nitrogens with zero attached hydrogens (tertiary/aromatic N) is 1. The van der Waals surface area contributed by atoms with Crippen molar-refractivity contribution in [2.75, 3.05) is 13.1 Å². The molecule has 0 amide bonds. The second-order valence-electron chi connectivity index (χ2n) is 4.48. The van der Waals surface area contributed by atoms with Crippen LogP contribution in [0, 0.1) is 11.8 Å². The summed E-state index contributed by atoms with van der Waals surface area (Å²) in [5.74, 6) is 1.72. The second-order valence-corrected chi connectivity index (χ2v) is 4.48. The molecule has 1 heterocycles. The van der Waals surface area contributed by atoms with E-state index >= 15 is 0 Å². The van der Waals surface area contributed by atoms with Crippen molar-refractivity contribution in [3.05, 3.63) is 0 Å². The minimum Gasteiger partial charge on any atom is -0.300 e. The molecule has 1 rings (SSSR count). The van der Waals surface area contributed by atoms with Crippen LogP contribution in [0.2, 0.25) is 0 Å². The lowest BCUT2D eigenvalue weighted by Gasteiger charge is -2.42. The summed E-state index contributed by atoms with van der Waals surface area (Å²) >= 11 is 0. The van der Waals surface area contributed by atoms with Gasteiger partial charge < -0.3 is 4.90 Å². The monoisotopic (exact) mass is 169 g/mol. The Morgan fingerprint density at radius 1 is 1.42 bits per heavy atom. The van der Waals surface area contributed by atoms with Gasteiger partial charge in [0.15, 0.2) is 0 Å². The summed E-state index contributed by atoms with van der Waals surface area (Å²) in [4.78, 5) is 2.65. The summed E-state index contributed by atoms with van der Waals surface area (Å²) in [5.41, 5.74) is 0. The van der Waals surface area contributed by atoms with Gasteiger partial charge in [-0.05, 0) is 37.8 Å². The van der Waals surface area contributed by atoms with E-state index < -0.39 is 0 Å². The lowest BCUT2D eigenvalue weighted by molar-refractivity contribution is 0.0729. The van der Waals surface area contributed by atoms with Crippen molar-refractivity contribution in [1.29, 1.82) is 0 Å². The van der Waals surface area contributed by atoms with E-state index in [1.807, 2.05) is 0 Å². The van der Waals surface area contributed by atoms with E-state index in [0.717, 1.165) is 17.9 Å². The Hall–Kier alpha value is -0.0400. The average molecular weight is 169 g/mol. The number of hydrogen-bond donors (Lipinski definition) is 0. The minimum atomic E-state index is 0.820. The zero-order valence-electron chi connectivity index (χ0n) is 9.01. The van der Waals surface area contributed by atoms with E-state index in [4.69, 9.17) is 0 Å². The summed E-state index contributed by atoms with van der Waals surface area (Å²) in [6.45, 7) is 12.0. The van der Waals surface area contributed by atoms with Gasteiger partial charge in [0.1, 0.15) is 0 Å². The molecule has 1 aliphatic rings. The normalized spacial score (nSPS) is 32.8. The molecular weight excluding hydrogens is 146 g/mol. The highest BCUT2D eigenvalue weighted by atomic mass is 15.2. The van der Waals surface area contributed by atoms with Gasteiger partial charge in [-0.1, -0.05) is 27.7 Å². The van der Waals surface area contributed by atoms with Crippen LogP contribution in [0.15, 0.2) is 0 Å². The lowest BCUT2D eigenvalue weighted by Crippen LogP contribution is -2.47. The smallest absolute Gasteiger partial charge is 0.0144 e. The molecule has 1 heteroatoms. The molecule has 1 nitrogen and oxygen atoms in total. The molecule has 0 spiro atoms. The molecule has 1 aliphatic heterocycles. The average Bonchev–Trinajstić information content (AvgIpc) is 2.03. The molecule has 0 aromatic rings. The van der Waals surface area contributed by atoms with E-state index in [-0.39, 0.29) is 0 Å². The third kappa shape index (κ3) is 2.01. The lowest BCUT2D eigenvalue weighted by atomic mass is 9.84. The van der Waals surface area contributed by atoms with Gasteiger partial charge in [0.2, 0.25) is 0 Å². The fourth-order valence-electron chi connectivity index (χ4n) is 2.74. The molecule has 0 aromatic heterocycles. The van der Waals surface area contributed by atoms with Crippen molar-refractivity contribution < 1.29 is 0 Å². The first kappa shape index (κ1) is 10.0. The Morgan fingerprint density at radius 3 is 2.50 bits per heavy atom. The van der Waals surface area contributed by atoms with Gasteiger partial charge in [0, 0.05) is 6.04 Å². The summed E-state index contributed by atoms with van der Waals surface area (Å²) in [7, 11) is 0. The highest BCUT2D eigenvalue weighted by Gasteiger charge is 2.29. The van der Waals surface area contributed by atoms with Crippen molar-refractivity contribution in [3.8, 4) is 0 Å². The fourth-order valence-corrected chi connectivity index (χ4v) is 2.74. The number of likely N-dealkylation sites (tertiary alicyclic amines) is 1. The van der Waals surface area contributed by atoms with Gasteiger partial charge in [0.25, 0.3) is 0 Å². The Kier molecular flexibility index (Phi) is 3.57. The maximum Gasteiger partial charge on any atom is 0.0144 e. The number of piperidine rings is 1. The molecule has 0 aliphatic carbocycles. The summed E-state index contributed by atoms with van der Waals surface area (Å²) < 4.78 is 0. The fraction of sp³-hybridized carbons (Fsp3) is 1.00. The van der Waals surface area contributed by atoms with Crippen LogP contribution >= 0.6 is 0 Å². The molecule has 1 fully saturated rings. The standard InChI is InChI=1S/C11H23N/c1-5-12-8-6-7-10(4)11(12)9(2)3/h9-11H,5-8H2,1-4H3. The highest BCUT2D eigenvalue weighted by molar-refractivity contribution is 4.83. The summed E-state index contributed by atoms with van der Waals surface area (Å²) in [6, 6.07) is 0.837. The summed E-state index contributed by atoms with van der Waals surface area (Å²) in [6.07, 6.45) is 2.83. The zero-order chi connectivity index (χ0) is 9.14. The summed E-state index contributed by atoms with van der Waals surface area (Å²) in [5, 5.41) is 0. The minimum absolute atomic E-state index is 0.820. The third-order valence-corrected chi connectivity index (χ3v) is 3.20. The molecule has 72 valence electrons. The Morgan fingerprint density at radius 2 is 2.08 bits per heavy atom. The Labute approximate surface area is 77.1 Å². The first-order valence-corrected chi connectivity index (χ1v) is 5.40. The number of hydrogen-bond acceptors (Lipinski definition) is 1. The molecule has 2 unspecified atom stereocenters. The van der Waals surface area contributed by atoms with Gasteiger partial charge in [-0.25, -0.2) is 0 Å². The highest BCUT2D eigenvalue weighted by Crippen LogP contribution is 2.27. The van der Waals surface area contributed by atoms with E-state index in [1.165, 1.54) is 25.9 Å². The van der Waals surface area contributed by atoms with Crippen molar-refractivity contribution in [2.45, 2.75) is 46.6 Å². The van der Waals surface area contributed by atoms with E-state index in [0.29, 0.717) is 0 Å². The van der Waals surface area contributed by atoms with Gasteiger partial charge in [-0.2, -0.15) is 0 Å². The van der Waals surface area contributed by atoms with Crippen LogP contribution in [0.5, 0.6) is 0 Å². The van der Waals surface area contributed by atoms with Gasteiger partial charge in [0.05, 0.1) is 0 Å². The molecule has 0 N–H and O–H groups in total. The van der Waals surface area contributed by atoms with Crippen molar-refractivity contribution in [1.82, 2.24) is 4.90 Å². The topological polar surface area (TPSA) is 3.24 Å². The Balaban J connectivity index is 2.59. The van der Waals surface area contributed by atoms with Crippen molar-refractivity contribution >= 4 is 0 Å². The van der Waals surface area contributed by atoms with Crippen LogP contribution in [0.1, 0.15) is 40.5 Å². The van der Waals surface area contributed by atoms with Crippen LogP contribution in [0.25, 0.3) is 0 Å². The second kappa shape index (κ2) is 4.27. The van der Waals surface area contributed by atoms with E-state index in [9.17, 15) is 0 Å². The maximum absolute atomic E-state index is 2.65. The largest absolute Gasteiger partial charge is 0.300 e. The van der Waals surface area contributed by atoms with Crippen LogP contribution in [0.3, 0.4) is 0 Å². The molecular formula is C11H23N. The van der Waals surface area contributed by atoms with E-state index in [1.54, 1.807) is 0 Å². The van der Waals surface area contributed by atoms with Gasteiger partial charge in [-0.3, -0.25) is 0 Å². The van der Waals surface area contributed by atoms with Crippen molar-refractivity contribution in [3.63, 3.8) is 0 Å². The van der Waals surface area contributed by atoms with Crippen LogP contribution in [0.4, 0.5) is 0 Å². The molecule has 0 aromatic carbocycles. The SMILES string of the molecule is CCN1CCCC(C)C1C(C)C. The molecule has 2 atom stereocenters. The Bertz CT molecular complexity index is 131. The van der Waals surface area contributed by atoms with Gasteiger partial charge in [-0.15, -0.1) is 0 Å². The zero-order valence-corrected chi connectivity index (χ0v) is 9.01. The molecule has 1 saturated heterocycles. The molecule has 0 bridgehead atoms. The van der Waals surface area contributed by atoms with Crippen LogP contribution in [-0.4, -0.2) is 24.0 Å². The van der Waals surface area contributed by atoms with Crippen molar-refractivity contribution in [2.24, 2.45) is 11.8 Å². The third-order valence-electron chi connectivity index (χ3n) is 3.20. The van der Waals surface area contributed by atoms with Gasteiger partial charge >= 0.3 is 0 Å². The molecule has 12 heavy (non-hydrogen) atoms. The quantitative estimate of drug-likeness (QED) is 0.614. The molecule has 0 saturated carbocycles. The van der Waals surface area contributed by atoms with Crippen LogP contribution in [-0.2, 0) is 0 Å². The predicted octanol–water partition coefficient (Wildman–Crippen LogP) is 2.76. The predicted molar refractivity (Wildman–Crippen MR) is 54.3 cm³/mol. The van der Waals surface area contributed by atoms with E-state index in [2.05, 4.69) is 32.6 Å². The first-order chi connectivity index (χ1) is 5.66. The maximum atomic E-state index is 2.65. The number of rotatable bonds is 2. The first-order valence-electron chi connectivity index (χ1n) is 5.40. The van der Waals surface area contributed by atoms with Crippen LogP contribution < -0.4 is 0 Å².